The van der Waals surface area contributed by atoms with Gasteiger partial charge in [0.25, 0.3) is 5.91 Å². The first-order valence-electron chi connectivity index (χ1n) is 4.29. The largest absolute Gasteiger partial charge is 0.374 e. The first-order valence-corrected chi connectivity index (χ1v) is 5.08. The van der Waals surface area contributed by atoms with Crippen LogP contribution in [0.2, 0.25) is 0 Å². The van der Waals surface area contributed by atoms with Crippen LogP contribution in [0, 0.1) is 11.3 Å². The van der Waals surface area contributed by atoms with E-state index in [-0.39, 0.29) is 6.42 Å². The Labute approximate surface area is 94.7 Å². The summed E-state index contributed by atoms with van der Waals surface area (Å²) in [6, 6.07) is 6.92. The van der Waals surface area contributed by atoms with E-state index < -0.39 is 11.5 Å². The number of carbonyl (C=O) groups excluding carboxylic acids is 1. The number of halogens is 1. The van der Waals surface area contributed by atoms with Crippen LogP contribution >= 0.6 is 15.9 Å². The minimum Gasteiger partial charge on any atom is -0.374 e. The Balaban J connectivity index is 2.61. The maximum absolute atomic E-state index is 11.6. The van der Waals surface area contributed by atoms with Crippen molar-refractivity contribution in [3.05, 3.63) is 28.2 Å². The van der Waals surface area contributed by atoms with Crippen LogP contribution in [0.4, 0.5) is 5.69 Å². The quantitative estimate of drug-likeness (QED) is 0.809. The Morgan fingerprint density at radius 2 is 2.33 bits per heavy atom. The third kappa shape index (κ3) is 1.34. The van der Waals surface area contributed by atoms with Crippen molar-refractivity contribution in [2.45, 2.75) is 12.0 Å². The zero-order chi connectivity index (χ0) is 11.1. The number of rotatable bonds is 1. The van der Waals surface area contributed by atoms with Crippen molar-refractivity contribution in [2.24, 2.45) is 0 Å². The van der Waals surface area contributed by atoms with Gasteiger partial charge in [0.1, 0.15) is 0 Å². The number of nitrogens with zero attached hydrogens (tertiary/aromatic N) is 1. The highest BCUT2D eigenvalue weighted by Gasteiger charge is 2.45. The number of carbonyl (C=O) groups is 1. The van der Waals surface area contributed by atoms with Gasteiger partial charge >= 0.3 is 0 Å². The van der Waals surface area contributed by atoms with E-state index >= 15 is 0 Å². The Kier molecular flexibility index (Phi) is 2.25. The minimum atomic E-state index is -1.71. The summed E-state index contributed by atoms with van der Waals surface area (Å²) >= 11 is 3.27. The van der Waals surface area contributed by atoms with Gasteiger partial charge in [-0.25, -0.2) is 0 Å². The van der Waals surface area contributed by atoms with Gasteiger partial charge < -0.3 is 10.4 Å². The van der Waals surface area contributed by atoms with Crippen LogP contribution in [0.15, 0.2) is 22.7 Å². The molecule has 2 N–H and O–H groups in total. The monoisotopic (exact) mass is 266 g/mol. The fraction of sp³-hybridized carbons (Fsp3) is 0.200. The van der Waals surface area contributed by atoms with E-state index in [0.29, 0.717) is 15.7 Å². The van der Waals surface area contributed by atoms with E-state index in [1.807, 2.05) is 6.07 Å². The summed E-state index contributed by atoms with van der Waals surface area (Å²) in [5, 5.41) is 21.2. The van der Waals surface area contributed by atoms with Gasteiger partial charge in [0, 0.05) is 10.0 Å². The second-order valence-corrected chi connectivity index (χ2v) is 4.17. The molecule has 1 aliphatic heterocycles. The molecule has 2 rings (SSSR count). The van der Waals surface area contributed by atoms with E-state index in [1.54, 1.807) is 18.2 Å². The molecule has 0 saturated heterocycles. The van der Waals surface area contributed by atoms with Gasteiger partial charge in [-0.2, -0.15) is 5.26 Å². The normalized spacial score (nSPS) is 23.1. The molecule has 5 heteroatoms. The van der Waals surface area contributed by atoms with E-state index in [0.717, 1.165) is 0 Å². The summed E-state index contributed by atoms with van der Waals surface area (Å²) in [4.78, 5) is 11.6. The smallest absolute Gasteiger partial charge is 0.262 e. The SMILES string of the molecule is N#CCC1(O)C(=O)Nc2c(Br)cccc21. The van der Waals surface area contributed by atoms with Gasteiger partial charge in [0.05, 0.1) is 18.2 Å². The number of hydrogen-bond acceptors (Lipinski definition) is 3. The first kappa shape index (κ1) is 10.1. The highest BCUT2D eigenvalue weighted by Crippen LogP contribution is 2.41. The molecule has 1 heterocycles. The van der Waals surface area contributed by atoms with Crippen LogP contribution in [0.3, 0.4) is 0 Å². The first-order chi connectivity index (χ1) is 7.09. The molecule has 1 aromatic rings. The summed E-state index contributed by atoms with van der Waals surface area (Å²) in [5.41, 5.74) is -0.725. The van der Waals surface area contributed by atoms with Crippen LogP contribution in [0.25, 0.3) is 0 Å². The predicted molar refractivity (Wildman–Crippen MR) is 56.9 cm³/mol. The molecule has 0 bridgehead atoms. The Morgan fingerprint density at radius 1 is 1.60 bits per heavy atom. The number of nitriles is 1. The third-order valence-corrected chi connectivity index (χ3v) is 3.07. The molecule has 1 aliphatic rings. The fourth-order valence-corrected chi connectivity index (χ4v) is 2.09. The average molecular weight is 267 g/mol. The molecule has 1 aromatic carbocycles. The number of aliphatic hydroxyl groups is 1. The van der Waals surface area contributed by atoms with Crippen molar-refractivity contribution >= 4 is 27.5 Å². The van der Waals surface area contributed by atoms with E-state index in [9.17, 15) is 9.90 Å². The number of benzene rings is 1. The van der Waals surface area contributed by atoms with E-state index in [4.69, 9.17) is 5.26 Å². The molecule has 76 valence electrons. The maximum Gasteiger partial charge on any atom is 0.262 e. The van der Waals surface area contributed by atoms with Gasteiger partial charge in [-0.05, 0) is 22.0 Å². The van der Waals surface area contributed by atoms with Gasteiger partial charge in [-0.3, -0.25) is 4.79 Å². The number of fused-ring (bicyclic) bond motifs is 1. The van der Waals surface area contributed by atoms with Crippen LogP contribution in [0.5, 0.6) is 0 Å². The van der Waals surface area contributed by atoms with Crippen LogP contribution in [-0.4, -0.2) is 11.0 Å². The lowest BCUT2D eigenvalue weighted by atomic mass is 9.93. The van der Waals surface area contributed by atoms with Crippen molar-refractivity contribution in [3.8, 4) is 6.07 Å². The molecule has 1 amide bonds. The maximum atomic E-state index is 11.6. The molecule has 1 atom stereocenters. The molecule has 0 aliphatic carbocycles. The van der Waals surface area contributed by atoms with Crippen molar-refractivity contribution in [3.63, 3.8) is 0 Å². The zero-order valence-corrected chi connectivity index (χ0v) is 9.21. The van der Waals surface area contributed by atoms with Crippen LogP contribution < -0.4 is 5.32 Å². The molecule has 0 spiro atoms. The molecule has 4 nitrogen and oxygen atoms in total. The number of amides is 1. The van der Waals surface area contributed by atoms with Gasteiger partial charge in [-0.15, -0.1) is 0 Å². The highest BCUT2D eigenvalue weighted by atomic mass is 79.9. The summed E-state index contributed by atoms with van der Waals surface area (Å²) in [7, 11) is 0. The lowest BCUT2D eigenvalue weighted by molar-refractivity contribution is -0.133. The summed E-state index contributed by atoms with van der Waals surface area (Å²) in [6.07, 6.45) is -0.248. The molecule has 0 radical (unpaired) electrons. The van der Waals surface area contributed by atoms with Gasteiger partial charge in [-0.1, -0.05) is 12.1 Å². The lowest BCUT2D eigenvalue weighted by Crippen LogP contribution is -2.33. The van der Waals surface area contributed by atoms with Crippen molar-refractivity contribution in [2.75, 3.05) is 5.32 Å². The number of para-hydroxylation sites is 1. The lowest BCUT2D eigenvalue weighted by Gasteiger charge is -2.16. The van der Waals surface area contributed by atoms with E-state index in [2.05, 4.69) is 21.2 Å². The van der Waals surface area contributed by atoms with Crippen molar-refractivity contribution < 1.29 is 9.90 Å². The molecular formula is C10H7BrN2O2. The summed E-state index contributed by atoms with van der Waals surface area (Å²) in [6.45, 7) is 0. The average Bonchev–Trinajstić information content (AvgIpc) is 2.44. The number of nitrogens with one attached hydrogen (secondary N) is 1. The zero-order valence-electron chi connectivity index (χ0n) is 7.62. The van der Waals surface area contributed by atoms with Crippen LogP contribution in [0.1, 0.15) is 12.0 Å². The highest BCUT2D eigenvalue weighted by molar-refractivity contribution is 9.10. The summed E-state index contributed by atoms with van der Waals surface area (Å²) in [5.74, 6) is -0.550. The number of anilines is 1. The molecule has 0 saturated carbocycles. The molecule has 0 fully saturated rings. The second kappa shape index (κ2) is 3.33. The van der Waals surface area contributed by atoms with Crippen molar-refractivity contribution in [1.82, 2.24) is 0 Å². The Hall–Kier alpha value is -1.38. The predicted octanol–water partition coefficient (Wildman–Crippen LogP) is 1.50. The standard InChI is InChI=1S/C10H7BrN2O2/c11-7-3-1-2-6-8(7)13-9(14)10(6,15)4-5-12/h1-3,15H,4H2,(H,13,14). The van der Waals surface area contributed by atoms with Crippen LogP contribution in [-0.2, 0) is 10.4 Å². The molecule has 0 aromatic heterocycles. The third-order valence-electron chi connectivity index (χ3n) is 2.41. The summed E-state index contributed by atoms with van der Waals surface area (Å²) < 4.78 is 0.696. The van der Waals surface area contributed by atoms with Crippen molar-refractivity contribution in [1.29, 1.82) is 5.26 Å². The van der Waals surface area contributed by atoms with Gasteiger partial charge in [0.2, 0.25) is 0 Å². The molecule has 15 heavy (non-hydrogen) atoms. The van der Waals surface area contributed by atoms with Gasteiger partial charge in [0.15, 0.2) is 5.60 Å². The Bertz CT molecular complexity index is 481. The minimum absolute atomic E-state index is 0.248. The Morgan fingerprint density at radius 3 is 3.00 bits per heavy atom. The second-order valence-electron chi connectivity index (χ2n) is 3.31. The molecule has 1 unspecified atom stereocenters. The number of hydrogen-bond donors (Lipinski definition) is 2. The topological polar surface area (TPSA) is 73.1 Å². The van der Waals surface area contributed by atoms with E-state index in [1.165, 1.54) is 0 Å². The fourth-order valence-electron chi connectivity index (χ4n) is 1.62. The molecular weight excluding hydrogens is 260 g/mol.